The van der Waals surface area contributed by atoms with Crippen molar-refractivity contribution in [2.24, 2.45) is 0 Å². The molecule has 1 heterocycles. The van der Waals surface area contributed by atoms with E-state index in [1.54, 1.807) is 24.5 Å². The number of thiazole rings is 1. The monoisotopic (exact) mass is 426 g/mol. The molecule has 1 aliphatic carbocycles. The largest absolute Gasteiger partial charge is 0.385 e. The number of aromatic nitrogens is 1. The van der Waals surface area contributed by atoms with Gasteiger partial charge in [-0.25, -0.2) is 9.78 Å². The van der Waals surface area contributed by atoms with Gasteiger partial charge in [0.25, 0.3) is 5.91 Å². The number of carbonyl (C=O) groups is 2. The third-order valence-electron chi connectivity index (χ3n) is 4.92. The number of nitrogens with one attached hydrogen (secondary N) is 2. The van der Waals surface area contributed by atoms with Gasteiger partial charge in [0, 0.05) is 51.9 Å². The van der Waals surface area contributed by atoms with Gasteiger partial charge in [-0.15, -0.1) is 11.3 Å². The van der Waals surface area contributed by atoms with Crippen LogP contribution in [0.5, 0.6) is 0 Å². The minimum Gasteiger partial charge on any atom is -0.385 e. The summed E-state index contributed by atoms with van der Waals surface area (Å²) >= 11 is 1.40. The van der Waals surface area contributed by atoms with Crippen LogP contribution < -0.4 is 10.6 Å². The minimum absolute atomic E-state index is 0.0613. The molecule has 2 rings (SSSR count). The summed E-state index contributed by atoms with van der Waals surface area (Å²) in [6.07, 6.45) is 7.19. The van der Waals surface area contributed by atoms with Gasteiger partial charge in [-0.1, -0.05) is 19.3 Å². The third kappa shape index (κ3) is 8.67. The molecule has 29 heavy (non-hydrogen) atoms. The molecule has 2 N–H and O–H groups in total. The molecule has 164 valence electrons. The Morgan fingerprint density at radius 2 is 1.90 bits per heavy atom. The number of ether oxygens (including phenoxy) is 2. The number of nitrogens with zero attached hydrogens (tertiary/aromatic N) is 2. The molecule has 1 aliphatic rings. The molecule has 0 saturated heterocycles. The quantitative estimate of drug-likeness (QED) is 0.502. The van der Waals surface area contributed by atoms with Crippen molar-refractivity contribution < 1.29 is 19.1 Å². The van der Waals surface area contributed by atoms with Crippen LogP contribution in [-0.4, -0.2) is 68.4 Å². The molecule has 8 nitrogen and oxygen atoms in total. The fourth-order valence-electron chi connectivity index (χ4n) is 3.33. The van der Waals surface area contributed by atoms with Gasteiger partial charge in [-0.2, -0.15) is 0 Å². The minimum atomic E-state index is -0.193. The lowest BCUT2D eigenvalue weighted by Crippen LogP contribution is -2.45. The normalized spacial score (nSPS) is 14.6. The Bertz CT molecular complexity index is 619. The zero-order valence-electron chi connectivity index (χ0n) is 17.6. The number of hydrogen-bond donors (Lipinski definition) is 2. The lowest BCUT2D eigenvalue weighted by atomic mass is 9.96. The van der Waals surface area contributed by atoms with E-state index in [1.165, 1.54) is 30.6 Å². The van der Waals surface area contributed by atoms with Gasteiger partial charge in [-0.05, 0) is 25.7 Å². The summed E-state index contributed by atoms with van der Waals surface area (Å²) in [7, 11) is 3.29. The molecule has 3 amide bonds. The van der Waals surface area contributed by atoms with Crippen LogP contribution in [0.1, 0.15) is 60.4 Å². The fourth-order valence-corrected chi connectivity index (χ4v) is 4.11. The molecule has 1 saturated carbocycles. The molecule has 0 aromatic carbocycles. The summed E-state index contributed by atoms with van der Waals surface area (Å²) in [5.41, 5.74) is 0.395. The van der Waals surface area contributed by atoms with E-state index in [1.807, 2.05) is 0 Å². The van der Waals surface area contributed by atoms with E-state index >= 15 is 0 Å². The Morgan fingerprint density at radius 3 is 2.62 bits per heavy atom. The van der Waals surface area contributed by atoms with E-state index in [-0.39, 0.29) is 18.0 Å². The molecule has 1 fully saturated rings. The third-order valence-corrected chi connectivity index (χ3v) is 5.75. The maximum Gasteiger partial charge on any atom is 0.317 e. The van der Waals surface area contributed by atoms with Crippen LogP contribution in [0.3, 0.4) is 0 Å². The fraction of sp³-hybridized carbons (Fsp3) is 0.750. The summed E-state index contributed by atoms with van der Waals surface area (Å²) in [6.45, 7) is 2.73. The molecule has 1 aromatic heterocycles. The van der Waals surface area contributed by atoms with Crippen molar-refractivity contribution >= 4 is 23.3 Å². The van der Waals surface area contributed by atoms with Crippen molar-refractivity contribution in [3.63, 3.8) is 0 Å². The predicted molar refractivity (Wildman–Crippen MR) is 113 cm³/mol. The van der Waals surface area contributed by atoms with Gasteiger partial charge in [0.2, 0.25) is 0 Å². The van der Waals surface area contributed by atoms with Gasteiger partial charge in [-0.3, -0.25) is 4.79 Å². The highest BCUT2D eigenvalue weighted by atomic mass is 32.1. The summed E-state index contributed by atoms with van der Waals surface area (Å²) in [5.74, 6) is -0.193. The maximum absolute atomic E-state index is 12.8. The van der Waals surface area contributed by atoms with Gasteiger partial charge in [0.05, 0.1) is 6.54 Å². The summed E-state index contributed by atoms with van der Waals surface area (Å²) in [6, 6.07) is 0.194. The molecule has 0 radical (unpaired) electrons. The highest BCUT2D eigenvalue weighted by Gasteiger charge is 2.21. The van der Waals surface area contributed by atoms with E-state index in [0.717, 1.165) is 30.7 Å². The zero-order chi connectivity index (χ0) is 20.9. The van der Waals surface area contributed by atoms with E-state index in [0.29, 0.717) is 38.5 Å². The van der Waals surface area contributed by atoms with Gasteiger partial charge in [0.1, 0.15) is 10.7 Å². The molecular weight excluding hydrogens is 392 g/mol. The first kappa shape index (κ1) is 23.6. The van der Waals surface area contributed by atoms with Crippen LogP contribution in [0.15, 0.2) is 5.38 Å². The standard InChI is InChI=1S/C20H34N4O4S/c1-27-12-6-10-21-19(25)17-15-29-18(23-17)14-24(11-7-13-28-2)20(26)22-16-8-4-3-5-9-16/h15-16H,3-14H2,1-2H3,(H,21,25)(H,22,26). The first-order valence-electron chi connectivity index (χ1n) is 10.4. The topological polar surface area (TPSA) is 92.8 Å². The second-order valence-electron chi connectivity index (χ2n) is 7.28. The lowest BCUT2D eigenvalue weighted by Gasteiger charge is -2.28. The van der Waals surface area contributed by atoms with Crippen LogP contribution >= 0.6 is 11.3 Å². The van der Waals surface area contributed by atoms with Gasteiger partial charge in [0.15, 0.2) is 0 Å². The predicted octanol–water partition coefficient (Wildman–Crippen LogP) is 2.79. The van der Waals surface area contributed by atoms with E-state index in [2.05, 4.69) is 15.6 Å². The second-order valence-corrected chi connectivity index (χ2v) is 8.22. The number of rotatable bonds is 12. The van der Waals surface area contributed by atoms with Crippen molar-refractivity contribution in [2.45, 2.75) is 57.5 Å². The second kappa shape index (κ2) is 13.5. The Morgan fingerprint density at radius 1 is 1.17 bits per heavy atom. The first-order valence-corrected chi connectivity index (χ1v) is 11.3. The molecule has 0 spiro atoms. The van der Waals surface area contributed by atoms with Crippen molar-refractivity contribution in [3.8, 4) is 0 Å². The van der Waals surface area contributed by atoms with Crippen LogP contribution in [0.25, 0.3) is 0 Å². The molecular formula is C20H34N4O4S. The maximum atomic E-state index is 12.8. The van der Waals surface area contributed by atoms with E-state index in [4.69, 9.17) is 9.47 Å². The van der Waals surface area contributed by atoms with E-state index in [9.17, 15) is 9.59 Å². The van der Waals surface area contributed by atoms with E-state index < -0.39 is 0 Å². The number of carbonyl (C=O) groups excluding carboxylic acids is 2. The highest BCUT2D eigenvalue weighted by Crippen LogP contribution is 2.18. The summed E-state index contributed by atoms with van der Waals surface area (Å²) in [5, 5.41) is 8.50. The summed E-state index contributed by atoms with van der Waals surface area (Å²) < 4.78 is 10.1. The molecule has 0 bridgehead atoms. The zero-order valence-corrected chi connectivity index (χ0v) is 18.4. The Balaban J connectivity index is 1.90. The van der Waals surface area contributed by atoms with Crippen LogP contribution in [0.4, 0.5) is 4.79 Å². The number of methoxy groups -OCH3 is 2. The first-order chi connectivity index (χ1) is 14.1. The molecule has 0 unspecified atom stereocenters. The van der Waals surface area contributed by atoms with Gasteiger partial charge < -0.3 is 25.0 Å². The molecule has 9 heteroatoms. The van der Waals surface area contributed by atoms with Crippen LogP contribution in [0.2, 0.25) is 0 Å². The smallest absolute Gasteiger partial charge is 0.317 e. The van der Waals surface area contributed by atoms with Crippen molar-refractivity contribution in [1.82, 2.24) is 20.5 Å². The number of urea groups is 1. The van der Waals surface area contributed by atoms with Crippen LogP contribution in [-0.2, 0) is 16.0 Å². The Labute approximate surface area is 177 Å². The number of amides is 3. The van der Waals surface area contributed by atoms with Crippen molar-refractivity contribution in [2.75, 3.05) is 40.5 Å². The number of hydrogen-bond acceptors (Lipinski definition) is 6. The average Bonchev–Trinajstić information content (AvgIpc) is 3.20. The molecule has 0 atom stereocenters. The molecule has 0 aliphatic heterocycles. The van der Waals surface area contributed by atoms with Crippen molar-refractivity contribution in [1.29, 1.82) is 0 Å². The van der Waals surface area contributed by atoms with Crippen molar-refractivity contribution in [3.05, 3.63) is 16.1 Å². The van der Waals surface area contributed by atoms with Crippen LogP contribution in [0, 0.1) is 0 Å². The lowest BCUT2D eigenvalue weighted by molar-refractivity contribution is 0.0944. The molecule has 1 aromatic rings. The SMILES string of the molecule is COCCCNC(=O)c1csc(CN(CCCOC)C(=O)NC2CCCCC2)n1. The Kier molecular flexibility index (Phi) is 11.0. The van der Waals surface area contributed by atoms with Gasteiger partial charge >= 0.3 is 6.03 Å². The highest BCUT2D eigenvalue weighted by molar-refractivity contribution is 7.09. The average molecular weight is 427 g/mol. The summed E-state index contributed by atoms with van der Waals surface area (Å²) in [4.78, 5) is 31.2. The Hall–Kier alpha value is -1.71.